The number of aromatic nitrogens is 4. The van der Waals surface area contributed by atoms with E-state index < -0.39 is 5.91 Å². The molecule has 1 N–H and O–H groups in total. The van der Waals surface area contributed by atoms with E-state index in [1.807, 2.05) is 19.1 Å². The third-order valence-electron chi connectivity index (χ3n) is 4.12. The predicted octanol–water partition coefficient (Wildman–Crippen LogP) is 3.30. The van der Waals surface area contributed by atoms with E-state index in [0.29, 0.717) is 32.3 Å². The van der Waals surface area contributed by atoms with E-state index in [2.05, 4.69) is 20.5 Å². The number of hydrogen-bond acceptors (Lipinski definition) is 8. The molecular formula is C20H16FN5O3S2. The molecule has 0 spiro atoms. The zero-order valence-corrected chi connectivity index (χ0v) is 17.9. The van der Waals surface area contributed by atoms with Crippen LogP contribution in [0, 0.1) is 12.7 Å². The number of pyridine rings is 1. The summed E-state index contributed by atoms with van der Waals surface area (Å²) < 4.78 is 20.3. The first kappa shape index (κ1) is 20.9. The van der Waals surface area contributed by atoms with Gasteiger partial charge in [0.25, 0.3) is 11.5 Å². The van der Waals surface area contributed by atoms with Crippen LogP contribution in [0.4, 0.5) is 9.52 Å². The van der Waals surface area contributed by atoms with Crippen LogP contribution in [0.3, 0.4) is 0 Å². The van der Waals surface area contributed by atoms with E-state index in [1.165, 1.54) is 57.8 Å². The Morgan fingerprint density at radius 1 is 1.26 bits per heavy atom. The minimum absolute atomic E-state index is 0.143. The Labute approximate surface area is 184 Å². The van der Waals surface area contributed by atoms with Gasteiger partial charge < -0.3 is 4.74 Å². The van der Waals surface area contributed by atoms with Crippen LogP contribution < -0.4 is 15.6 Å². The van der Waals surface area contributed by atoms with E-state index >= 15 is 0 Å². The first-order valence-corrected chi connectivity index (χ1v) is 10.9. The largest absolute Gasteiger partial charge is 0.484 e. The van der Waals surface area contributed by atoms with Gasteiger partial charge in [0, 0.05) is 18.0 Å². The number of fused-ring (bicyclic) bond motifs is 1. The number of amides is 1. The molecule has 11 heteroatoms. The number of carbonyl (C=O) groups is 1. The van der Waals surface area contributed by atoms with Crippen LogP contribution in [0.25, 0.3) is 5.65 Å². The number of carbonyl (C=O) groups excluding carboxylic acids is 1. The number of nitrogens with zero attached hydrogens (tertiary/aromatic N) is 4. The minimum atomic E-state index is -0.406. The fraction of sp³-hybridized carbons (Fsp3) is 0.150. The highest BCUT2D eigenvalue weighted by Crippen LogP contribution is 2.27. The number of aryl methyl sites for hydroxylation is 1. The topological polar surface area (TPSA) is 98.5 Å². The summed E-state index contributed by atoms with van der Waals surface area (Å²) >= 11 is 2.58. The van der Waals surface area contributed by atoms with Crippen molar-refractivity contribution in [3.05, 3.63) is 76.1 Å². The molecule has 4 rings (SSSR count). The molecule has 4 aromatic rings. The zero-order chi connectivity index (χ0) is 21.8. The summed E-state index contributed by atoms with van der Waals surface area (Å²) in [5.41, 5.74) is 2.03. The smallest absolute Gasteiger partial charge is 0.264 e. The molecule has 31 heavy (non-hydrogen) atoms. The van der Waals surface area contributed by atoms with Gasteiger partial charge in [0.15, 0.2) is 10.9 Å². The SMILES string of the molecule is Cc1cccn2c(=O)cc(CSc3nnc(NC(=O)COc4ccc(F)cc4)s3)nc12. The summed E-state index contributed by atoms with van der Waals surface area (Å²) in [7, 11) is 0. The van der Waals surface area contributed by atoms with Crippen molar-refractivity contribution >= 4 is 39.8 Å². The average molecular weight is 458 g/mol. The maximum atomic E-state index is 12.9. The molecule has 0 aliphatic carbocycles. The fourth-order valence-corrected chi connectivity index (χ4v) is 4.33. The van der Waals surface area contributed by atoms with Gasteiger partial charge in [0.1, 0.15) is 17.2 Å². The van der Waals surface area contributed by atoms with Gasteiger partial charge in [-0.1, -0.05) is 29.2 Å². The number of ether oxygens (including phenoxy) is 1. The van der Waals surface area contributed by atoms with Crippen molar-refractivity contribution in [1.29, 1.82) is 0 Å². The van der Waals surface area contributed by atoms with Gasteiger partial charge in [0.2, 0.25) is 5.13 Å². The maximum Gasteiger partial charge on any atom is 0.264 e. The number of halogens is 1. The van der Waals surface area contributed by atoms with Gasteiger partial charge in [-0.25, -0.2) is 9.37 Å². The van der Waals surface area contributed by atoms with Crippen LogP contribution in [0.2, 0.25) is 0 Å². The molecular weight excluding hydrogens is 441 g/mol. The third kappa shape index (κ3) is 5.25. The third-order valence-corrected chi connectivity index (χ3v) is 6.12. The molecule has 1 amide bonds. The highest BCUT2D eigenvalue weighted by atomic mass is 32.2. The lowest BCUT2D eigenvalue weighted by Crippen LogP contribution is -2.20. The lowest BCUT2D eigenvalue weighted by atomic mass is 10.3. The normalized spacial score (nSPS) is 10.9. The molecule has 1 aromatic carbocycles. The Balaban J connectivity index is 1.33. The molecule has 0 unspecified atom stereocenters. The van der Waals surface area contributed by atoms with Crippen LogP contribution in [0.5, 0.6) is 5.75 Å². The second-order valence-electron chi connectivity index (χ2n) is 6.42. The molecule has 8 nitrogen and oxygen atoms in total. The quantitative estimate of drug-likeness (QED) is 0.336. The van der Waals surface area contributed by atoms with Gasteiger partial charge in [0.05, 0.1) is 5.69 Å². The number of thioether (sulfide) groups is 1. The first-order chi connectivity index (χ1) is 15.0. The highest BCUT2D eigenvalue weighted by molar-refractivity contribution is 8.00. The van der Waals surface area contributed by atoms with Crippen LogP contribution in [-0.4, -0.2) is 32.1 Å². The molecule has 0 radical (unpaired) electrons. The van der Waals surface area contributed by atoms with Crippen LogP contribution in [0.1, 0.15) is 11.3 Å². The number of anilines is 1. The van der Waals surface area contributed by atoms with Gasteiger partial charge in [-0.05, 0) is 42.8 Å². The number of nitrogens with one attached hydrogen (secondary N) is 1. The van der Waals surface area contributed by atoms with Gasteiger partial charge >= 0.3 is 0 Å². The van der Waals surface area contributed by atoms with E-state index in [-0.39, 0.29) is 18.0 Å². The van der Waals surface area contributed by atoms with Crippen molar-refractivity contribution in [1.82, 2.24) is 19.6 Å². The molecule has 0 atom stereocenters. The Kier molecular flexibility index (Phi) is 6.23. The van der Waals surface area contributed by atoms with Gasteiger partial charge in [-0.15, -0.1) is 10.2 Å². The van der Waals surface area contributed by atoms with E-state index in [1.54, 1.807) is 6.20 Å². The summed E-state index contributed by atoms with van der Waals surface area (Å²) in [5.74, 6) is 0.0434. The molecule has 0 aliphatic heterocycles. The molecule has 0 fully saturated rings. The zero-order valence-electron chi connectivity index (χ0n) is 16.2. The summed E-state index contributed by atoms with van der Waals surface area (Å²) in [6.45, 7) is 1.66. The fourth-order valence-electron chi connectivity index (χ4n) is 2.67. The molecule has 0 bridgehead atoms. The van der Waals surface area contributed by atoms with E-state index in [4.69, 9.17) is 4.74 Å². The Morgan fingerprint density at radius 3 is 2.87 bits per heavy atom. The standard InChI is InChI=1S/C20H16FN5O3S2/c1-12-3-2-8-26-17(28)9-14(22-18(12)26)11-30-20-25-24-19(31-20)23-16(27)10-29-15-6-4-13(21)5-7-15/h2-9H,10-11H2,1H3,(H,23,24,27). The Morgan fingerprint density at radius 2 is 2.06 bits per heavy atom. The lowest BCUT2D eigenvalue weighted by Gasteiger charge is -2.05. The summed E-state index contributed by atoms with van der Waals surface area (Å²) in [6.07, 6.45) is 1.69. The van der Waals surface area contributed by atoms with Crippen molar-refractivity contribution in [3.63, 3.8) is 0 Å². The van der Waals surface area contributed by atoms with E-state index in [0.717, 1.165) is 5.56 Å². The molecule has 158 valence electrons. The molecule has 0 saturated heterocycles. The Bertz CT molecular complexity index is 1290. The number of rotatable bonds is 7. The molecule has 3 aromatic heterocycles. The lowest BCUT2D eigenvalue weighted by molar-refractivity contribution is -0.118. The molecule has 0 aliphatic rings. The van der Waals surface area contributed by atoms with Crippen LogP contribution in [-0.2, 0) is 10.5 Å². The second kappa shape index (κ2) is 9.23. The van der Waals surface area contributed by atoms with Crippen molar-refractivity contribution in [3.8, 4) is 5.75 Å². The van der Waals surface area contributed by atoms with Crippen molar-refractivity contribution in [2.45, 2.75) is 17.0 Å². The first-order valence-electron chi connectivity index (χ1n) is 9.10. The highest BCUT2D eigenvalue weighted by Gasteiger charge is 2.11. The predicted molar refractivity (Wildman–Crippen MR) is 116 cm³/mol. The maximum absolute atomic E-state index is 12.9. The van der Waals surface area contributed by atoms with Crippen LogP contribution >= 0.6 is 23.1 Å². The summed E-state index contributed by atoms with van der Waals surface area (Å²) in [6, 6.07) is 10.6. The minimum Gasteiger partial charge on any atom is -0.484 e. The van der Waals surface area contributed by atoms with Crippen LogP contribution in [0.15, 0.2) is 57.8 Å². The van der Waals surface area contributed by atoms with Gasteiger partial charge in [-0.2, -0.15) is 0 Å². The number of hydrogen-bond donors (Lipinski definition) is 1. The molecule has 0 saturated carbocycles. The second-order valence-corrected chi connectivity index (χ2v) is 8.62. The molecule has 3 heterocycles. The number of benzene rings is 1. The van der Waals surface area contributed by atoms with E-state index in [9.17, 15) is 14.0 Å². The summed E-state index contributed by atoms with van der Waals surface area (Å²) in [5, 5.41) is 10.9. The Hall–Kier alpha value is -3.31. The van der Waals surface area contributed by atoms with Crippen molar-refractivity contribution in [2.24, 2.45) is 0 Å². The van der Waals surface area contributed by atoms with Gasteiger partial charge in [-0.3, -0.25) is 19.3 Å². The van der Waals surface area contributed by atoms with Crippen molar-refractivity contribution < 1.29 is 13.9 Å². The van der Waals surface area contributed by atoms with Crippen molar-refractivity contribution in [2.75, 3.05) is 11.9 Å². The summed E-state index contributed by atoms with van der Waals surface area (Å²) in [4.78, 5) is 28.8. The monoisotopic (exact) mass is 457 g/mol. The average Bonchev–Trinajstić information content (AvgIpc) is 3.20.